The zero-order valence-corrected chi connectivity index (χ0v) is 11.2. The number of methoxy groups -OCH3 is 1. The molecule has 19 heavy (non-hydrogen) atoms. The zero-order valence-electron chi connectivity index (χ0n) is 11.2. The lowest BCUT2D eigenvalue weighted by Crippen LogP contribution is -2.28. The summed E-state index contributed by atoms with van der Waals surface area (Å²) in [7, 11) is 1.63. The third-order valence-corrected chi connectivity index (χ3v) is 3.07. The third-order valence-electron chi connectivity index (χ3n) is 3.07. The lowest BCUT2D eigenvalue weighted by molar-refractivity contribution is 0.183. The molecule has 2 N–H and O–H groups in total. The summed E-state index contributed by atoms with van der Waals surface area (Å²) in [6.07, 6.45) is -0.140. The van der Waals surface area contributed by atoms with Crippen molar-refractivity contribution in [2.24, 2.45) is 5.73 Å². The van der Waals surface area contributed by atoms with E-state index in [-0.39, 0.29) is 12.1 Å². The van der Waals surface area contributed by atoms with Crippen molar-refractivity contribution >= 4 is 0 Å². The number of nitrogens with two attached hydrogens (primary N) is 1. The Morgan fingerprint density at radius 1 is 0.895 bits per heavy atom. The molecule has 0 bridgehead atoms. The monoisotopic (exact) mass is 257 g/mol. The Balaban J connectivity index is 2.10. The predicted molar refractivity (Wildman–Crippen MR) is 76.5 cm³/mol. The molecule has 2 atom stereocenters. The van der Waals surface area contributed by atoms with Crippen LogP contribution in [0.3, 0.4) is 0 Å². The van der Waals surface area contributed by atoms with Gasteiger partial charge in [0, 0.05) is 0 Å². The average molecular weight is 257 g/mol. The molecular formula is C16H19NO2. The molecule has 0 amide bonds. The lowest BCUT2D eigenvalue weighted by atomic mass is 10.0. The van der Waals surface area contributed by atoms with E-state index >= 15 is 0 Å². The van der Waals surface area contributed by atoms with Crippen molar-refractivity contribution in [1.29, 1.82) is 0 Å². The van der Waals surface area contributed by atoms with E-state index in [0.29, 0.717) is 5.75 Å². The van der Waals surface area contributed by atoms with Crippen molar-refractivity contribution in [2.75, 3.05) is 7.11 Å². The molecule has 0 spiro atoms. The maximum absolute atomic E-state index is 6.21. The maximum atomic E-state index is 6.21. The molecule has 0 radical (unpaired) electrons. The second-order valence-corrected chi connectivity index (χ2v) is 4.41. The number of rotatable bonds is 5. The molecule has 2 unspecified atom stereocenters. The van der Waals surface area contributed by atoms with Crippen LogP contribution < -0.4 is 15.2 Å². The highest BCUT2D eigenvalue weighted by molar-refractivity contribution is 5.39. The summed E-state index contributed by atoms with van der Waals surface area (Å²) in [5.41, 5.74) is 7.27. The summed E-state index contributed by atoms with van der Waals surface area (Å²) in [5, 5.41) is 0. The van der Waals surface area contributed by atoms with Crippen molar-refractivity contribution in [3.05, 3.63) is 60.2 Å². The van der Waals surface area contributed by atoms with Crippen molar-refractivity contribution < 1.29 is 9.47 Å². The van der Waals surface area contributed by atoms with Gasteiger partial charge in [0.2, 0.25) is 0 Å². The summed E-state index contributed by atoms with van der Waals surface area (Å²) in [6, 6.07) is 17.3. The summed E-state index contributed by atoms with van der Waals surface area (Å²) in [4.78, 5) is 0. The van der Waals surface area contributed by atoms with Crippen molar-refractivity contribution in [3.8, 4) is 11.5 Å². The minimum atomic E-state index is -0.175. The van der Waals surface area contributed by atoms with E-state index in [0.717, 1.165) is 11.3 Å². The van der Waals surface area contributed by atoms with E-state index in [1.165, 1.54) is 0 Å². The largest absolute Gasteiger partial charge is 0.493 e. The Morgan fingerprint density at radius 3 is 2.11 bits per heavy atom. The Bertz CT molecular complexity index is 513. The van der Waals surface area contributed by atoms with Crippen LogP contribution in [0.25, 0.3) is 0 Å². The van der Waals surface area contributed by atoms with Crippen LogP contribution in [0, 0.1) is 0 Å². The minimum Gasteiger partial charge on any atom is -0.493 e. The zero-order chi connectivity index (χ0) is 13.7. The molecule has 0 fully saturated rings. The van der Waals surface area contributed by atoms with Gasteiger partial charge in [-0.15, -0.1) is 0 Å². The summed E-state index contributed by atoms with van der Waals surface area (Å²) in [6.45, 7) is 1.96. The van der Waals surface area contributed by atoms with Gasteiger partial charge in [-0.3, -0.25) is 0 Å². The highest BCUT2D eigenvalue weighted by Crippen LogP contribution is 2.28. The van der Waals surface area contributed by atoms with Gasteiger partial charge >= 0.3 is 0 Å². The summed E-state index contributed by atoms with van der Waals surface area (Å²) >= 11 is 0. The molecule has 0 aliphatic heterocycles. The molecule has 0 saturated heterocycles. The van der Waals surface area contributed by atoms with Crippen molar-refractivity contribution in [1.82, 2.24) is 0 Å². The number of ether oxygens (including phenoxy) is 2. The topological polar surface area (TPSA) is 44.5 Å². The number of hydrogen-bond donors (Lipinski definition) is 1. The fraction of sp³-hybridized carbons (Fsp3) is 0.250. The lowest BCUT2D eigenvalue weighted by Gasteiger charge is -2.22. The normalized spacial score (nSPS) is 13.6. The Labute approximate surface area is 114 Å². The van der Waals surface area contributed by atoms with Crippen LogP contribution in [0.4, 0.5) is 0 Å². The van der Waals surface area contributed by atoms with Crippen LogP contribution in [-0.2, 0) is 0 Å². The van der Waals surface area contributed by atoms with Crippen LogP contribution in [0.15, 0.2) is 54.6 Å². The SMILES string of the molecule is COc1ccccc1OC(C)C(N)c1ccccc1. The van der Waals surface area contributed by atoms with Gasteiger partial charge in [0.1, 0.15) is 6.10 Å². The van der Waals surface area contributed by atoms with E-state index < -0.39 is 0 Å². The predicted octanol–water partition coefficient (Wildman–Crippen LogP) is 3.16. The first kappa shape index (κ1) is 13.4. The molecule has 0 aromatic heterocycles. The average Bonchev–Trinajstić information content (AvgIpc) is 2.48. The Hall–Kier alpha value is -2.00. The van der Waals surface area contributed by atoms with Gasteiger partial charge in [-0.2, -0.15) is 0 Å². The van der Waals surface area contributed by atoms with Crippen LogP contribution in [-0.4, -0.2) is 13.2 Å². The number of para-hydroxylation sites is 2. The molecule has 3 nitrogen and oxygen atoms in total. The molecule has 2 rings (SSSR count). The van der Waals surface area contributed by atoms with Gasteiger partial charge in [-0.25, -0.2) is 0 Å². The summed E-state index contributed by atoms with van der Waals surface area (Å²) in [5.74, 6) is 1.43. The first-order valence-electron chi connectivity index (χ1n) is 6.32. The van der Waals surface area contributed by atoms with E-state index in [4.69, 9.17) is 15.2 Å². The van der Waals surface area contributed by atoms with Gasteiger partial charge in [0.15, 0.2) is 11.5 Å². The van der Waals surface area contributed by atoms with Gasteiger partial charge < -0.3 is 15.2 Å². The van der Waals surface area contributed by atoms with Crippen molar-refractivity contribution in [3.63, 3.8) is 0 Å². The number of hydrogen-bond acceptors (Lipinski definition) is 3. The molecule has 0 heterocycles. The summed E-state index contributed by atoms with van der Waals surface area (Å²) < 4.78 is 11.2. The van der Waals surface area contributed by atoms with E-state index in [1.807, 2.05) is 61.5 Å². The molecule has 2 aromatic rings. The fourth-order valence-electron chi connectivity index (χ4n) is 1.94. The minimum absolute atomic E-state index is 0.140. The quantitative estimate of drug-likeness (QED) is 0.894. The van der Waals surface area contributed by atoms with Gasteiger partial charge in [0.05, 0.1) is 13.2 Å². The van der Waals surface area contributed by atoms with E-state index in [1.54, 1.807) is 7.11 Å². The van der Waals surface area contributed by atoms with E-state index in [9.17, 15) is 0 Å². The standard InChI is InChI=1S/C16H19NO2/c1-12(16(17)13-8-4-3-5-9-13)19-15-11-7-6-10-14(15)18-2/h3-12,16H,17H2,1-2H3. The fourth-order valence-corrected chi connectivity index (χ4v) is 1.94. The highest BCUT2D eigenvalue weighted by atomic mass is 16.5. The Morgan fingerprint density at radius 2 is 1.47 bits per heavy atom. The first-order chi connectivity index (χ1) is 9.22. The van der Waals surface area contributed by atoms with Crippen LogP contribution >= 0.6 is 0 Å². The van der Waals surface area contributed by atoms with Crippen LogP contribution in [0.2, 0.25) is 0 Å². The molecule has 0 aliphatic rings. The van der Waals surface area contributed by atoms with Gasteiger partial charge in [-0.05, 0) is 24.6 Å². The molecule has 100 valence electrons. The van der Waals surface area contributed by atoms with Crippen LogP contribution in [0.1, 0.15) is 18.5 Å². The van der Waals surface area contributed by atoms with Crippen molar-refractivity contribution in [2.45, 2.75) is 19.1 Å². The molecule has 2 aromatic carbocycles. The smallest absolute Gasteiger partial charge is 0.161 e. The molecule has 0 aliphatic carbocycles. The Kier molecular flexibility index (Phi) is 4.42. The van der Waals surface area contributed by atoms with Gasteiger partial charge in [-0.1, -0.05) is 42.5 Å². The molecule has 0 saturated carbocycles. The van der Waals surface area contributed by atoms with Crippen LogP contribution in [0.5, 0.6) is 11.5 Å². The second kappa shape index (κ2) is 6.25. The molecule has 3 heteroatoms. The highest BCUT2D eigenvalue weighted by Gasteiger charge is 2.17. The second-order valence-electron chi connectivity index (χ2n) is 4.41. The first-order valence-corrected chi connectivity index (χ1v) is 6.32. The molecular weight excluding hydrogens is 238 g/mol. The number of benzene rings is 2. The maximum Gasteiger partial charge on any atom is 0.161 e. The third kappa shape index (κ3) is 3.26. The van der Waals surface area contributed by atoms with E-state index in [2.05, 4.69) is 0 Å². The van der Waals surface area contributed by atoms with Gasteiger partial charge in [0.25, 0.3) is 0 Å².